The monoisotopic (exact) mass is 240 g/mol. The van der Waals surface area contributed by atoms with E-state index in [0.717, 1.165) is 0 Å². The van der Waals surface area contributed by atoms with Crippen molar-refractivity contribution in [3.8, 4) is 0 Å². The number of amidine groups is 1. The Morgan fingerprint density at radius 2 is 2.13 bits per heavy atom. The van der Waals surface area contributed by atoms with Gasteiger partial charge in [-0.25, -0.2) is 4.79 Å². The van der Waals surface area contributed by atoms with Crippen LogP contribution in [0.15, 0.2) is 22.5 Å². The minimum atomic E-state index is -5.03. The van der Waals surface area contributed by atoms with Gasteiger partial charge in [-0.1, -0.05) is 6.08 Å². The third-order valence-corrected chi connectivity index (χ3v) is 3.07. The molecule has 1 aliphatic rings. The van der Waals surface area contributed by atoms with Crippen LogP contribution in [-0.2, 0) is 8.98 Å². The Morgan fingerprint density at radius 1 is 1.53 bits per heavy atom. The lowest BCUT2D eigenvalue weighted by Gasteiger charge is -2.17. The smallest absolute Gasteiger partial charge is 0.403 e. The third-order valence-electron chi connectivity index (χ3n) is 1.40. The standard InChI is InChI=1S/C7H7F3N2O2S/c8-7(9,10)6(13)14-15-3-1-2-4(15)5(11)12/h1-3,15H,(H3,11,12). The van der Waals surface area contributed by atoms with E-state index < -0.39 is 29.2 Å². The van der Waals surface area contributed by atoms with Gasteiger partial charge in [0.25, 0.3) is 0 Å². The minimum absolute atomic E-state index is 0.0996. The Morgan fingerprint density at radius 3 is 2.60 bits per heavy atom. The van der Waals surface area contributed by atoms with Gasteiger partial charge in [0, 0.05) is 0 Å². The Balaban J connectivity index is 2.69. The summed E-state index contributed by atoms with van der Waals surface area (Å²) in [6, 6.07) is 0. The van der Waals surface area contributed by atoms with Gasteiger partial charge >= 0.3 is 12.1 Å². The van der Waals surface area contributed by atoms with Gasteiger partial charge in [-0.15, -0.1) is 0 Å². The Bertz CT molecular complexity index is 362. The molecule has 0 saturated carbocycles. The van der Waals surface area contributed by atoms with Gasteiger partial charge in [-0.3, -0.25) is 5.41 Å². The van der Waals surface area contributed by atoms with Crippen molar-refractivity contribution in [3.05, 3.63) is 22.5 Å². The van der Waals surface area contributed by atoms with Gasteiger partial charge in [0.2, 0.25) is 0 Å². The molecule has 1 unspecified atom stereocenters. The predicted octanol–water partition coefficient (Wildman–Crippen LogP) is 1.36. The Kier molecular flexibility index (Phi) is 3.08. The zero-order valence-corrected chi connectivity index (χ0v) is 8.10. The largest absolute Gasteiger partial charge is 0.491 e. The van der Waals surface area contributed by atoms with E-state index in [2.05, 4.69) is 4.18 Å². The number of carbonyl (C=O) groups is 1. The maximum atomic E-state index is 11.8. The quantitative estimate of drug-likeness (QED) is 0.387. The molecule has 1 rings (SSSR count). The summed E-state index contributed by atoms with van der Waals surface area (Å²) in [7, 11) is 0. The lowest BCUT2D eigenvalue weighted by Crippen LogP contribution is -2.25. The Hall–Kier alpha value is -1.44. The minimum Gasteiger partial charge on any atom is -0.403 e. The van der Waals surface area contributed by atoms with Crippen LogP contribution in [0.1, 0.15) is 0 Å². The molecular weight excluding hydrogens is 233 g/mol. The van der Waals surface area contributed by atoms with Gasteiger partial charge in [0.1, 0.15) is 5.84 Å². The second-order valence-electron chi connectivity index (χ2n) is 2.51. The first-order valence-corrected chi connectivity index (χ1v) is 4.96. The molecule has 0 spiro atoms. The molecule has 3 N–H and O–H groups in total. The normalized spacial score (nSPS) is 22.3. The molecule has 0 aromatic heterocycles. The molecule has 0 aliphatic carbocycles. The highest BCUT2D eigenvalue weighted by Crippen LogP contribution is 2.43. The lowest BCUT2D eigenvalue weighted by molar-refractivity contribution is -0.188. The first-order valence-electron chi connectivity index (χ1n) is 3.63. The third kappa shape index (κ3) is 2.75. The van der Waals surface area contributed by atoms with E-state index in [4.69, 9.17) is 11.1 Å². The highest BCUT2D eigenvalue weighted by atomic mass is 32.2. The number of nitrogens with two attached hydrogens (primary N) is 1. The molecule has 4 nitrogen and oxygen atoms in total. The predicted molar refractivity (Wildman–Crippen MR) is 50.3 cm³/mol. The van der Waals surface area contributed by atoms with Crippen LogP contribution in [0.5, 0.6) is 0 Å². The lowest BCUT2D eigenvalue weighted by atomic mass is 10.5. The zero-order chi connectivity index (χ0) is 11.6. The molecule has 0 saturated heterocycles. The molecular formula is C7H7F3N2O2S. The van der Waals surface area contributed by atoms with Crippen LogP contribution in [0, 0.1) is 5.41 Å². The molecule has 8 heteroatoms. The van der Waals surface area contributed by atoms with E-state index in [9.17, 15) is 18.0 Å². The second kappa shape index (κ2) is 3.97. The van der Waals surface area contributed by atoms with E-state index >= 15 is 0 Å². The SMILES string of the molecule is N=C(N)C1=CC=C[SH]1OC(=O)C(F)(F)F. The number of thiol groups is 1. The van der Waals surface area contributed by atoms with Gasteiger partial charge < -0.3 is 9.92 Å². The fraction of sp³-hybridized carbons (Fsp3) is 0.143. The molecule has 1 atom stereocenters. The van der Waals surface area contributed by atoms with Crippen molar-refractivity contribution in [1.29, 1.82) is 5.41 Å². The number of hydrogen-bond donors (Lipinski definition) is 3. The van der Waals surface area contributed by atoms with Crippen molar-refractivity contribution in [2.24, 2.45) is 5.73 Å². The summed E-state index contributed by atoms with van der Waals surface area (Å²) in [5, 5.41) is 8.31. The van der Waals surface area contributed by atoms with Crippen LogP contribution in [0.25, 0.3) is 0 Å². The van der Waals surface area contributed by atoms with Crippen molar-refractivity contribution in [3.63, 3.8) is 0 Å². The van der Waals surface area contributed by atoms with Crippen molar-refractivity contribution >= 4 is 23.0 Å². The number of rotatable bonds is 2. The van der Waals surface area contributed by atoms with E-state index in [-0.39, 0.29) is 4.91 Å². The average Bonchev–Trinajstić information content (AvgIpc) is 2.50. The van der Waals surface area contributed by atoms with Crippen molar-refractivity contribution in [1.82, 2.24) is 0 Å². The van der Waals surface area contributed by atoms with E-state index in [1.807, 2.05) is 0 Å². The zero-order valence-electron chi connectivity index (χ0n) is 7.21. The second-order valence-corrected chi connectivity index (χ2v) is 4.12. The molecule has 15 heavy (non-hydrogen) atoms. The van der Waals surface area contributed by atoms with Crippen LogP contribution < -0.4 is 5.73 Å². The van der Waals surface area contributed by atoms with Crippen molar-refractivity contribution < 1.29 is 22.1 Å². The number of nitrogens with one attached hydrogen (secondary N) is 1. The van der Waals surface area contributed by atoms with Crippen LogP contribution in [0.2, 0.25) is 0 Å². The molecule has 1 heterocycles. The number of alkyl halides is 3. The maximum absolute atomic E-state index is 11.8. The summed E-state index contributed by atoms with van der Waals surface area (Å²) in [4.78, 5) is 10.6. The number of carbonyl (C=O) groups excluding carboxylic acids is 1. The summed E-state index contributed by atoms with van der Waals surface area (Å²) in [5.41, 5.74) is 5.09. The Labute approximate surface area is 85.6 Å². The highest BCUT2D eigenvalue weighted by molar-refractivity contribution is 8.20. The topological polar surface area (TPSA) is 76.2 Å². The maximum Gasteiger partial charge on any atom is 0.491 e. The summed E-state index contributed by atoms with van der Waals surface area (Å²) < 4.78 is 39.7. The average molecular weight is 240 g/mol. The number of allylic oxidation sites excluding steroid dienone is 2. The van der Waals surface area contributed by atoms with Gasteiger partial charge in [0.05, 0.1) is 4.91 Å². The van der Waals surface area contributed by atoms with Crippen LogP contribution in [0.3, 0.4) is 0 Å². The number of hydrogen-bond acceptors (Lipinski definition) is 3. The summed E-state index contributed by atoms with van der Waals surface area (Å²) in [5.74, 6) is -2.67. The van der Waals surface area contributed by atoms with E-state index in [1.54, 1.807) is 0 Å². The fourth-order valence-corrected chi connectivity index (χ4v) is 2.11. The summed E-state index contributed by atoms with van der Waals surface area (Å²) in [6.45, 7) is 0. The number of halogens is 3. The van der Waals surface area contributed by atoms with Crippen LogP contribution in [-0.4, -0.2) is 18.0 Å². The highest BCUT2D eigenvalue weighted by Gasteiger charge is 2.42. The molecule has 84 valence electrons. The molecule has 0 fully saturated rings. The molecule has 0 aromatic rings. The van der Waals surface area contributed by atoms with Crippen molar-refractivity contribution in [2.75, 3.05) is 0 Å². The van der Waals surface area contributed by atoms with Crippen molar-refractivity contribution in [2.45, 2.75) is 6.18 Å². The van der Waals surface area contributed by atoms with E-state index in [1.165, 1.54) is 17.6 Å². The summed E-state index contributed by atoms with van der Waals surface area (Å²) in [6.07, 6.45) is -2.29. The molecule has 0 bridgehead atoms. The molecule has 0 radical (unpaired) electrons. The van der Waals surface area contributed by atoms with Crippen LogP contribution >= 0.6 is 11.2 Å². The van der Waals surface area contributed by atoms with E-state index in [0.29, 0.717) is 0 Å². The van der Waals surface area contributed by atoms with Gasteiger partial charge in [-0.2, -0.15) is 13.2 Å². The molecule has 1 aliphatic heterocycles. The van der Waals surface area contributed by atoms with Crippen LogP contribution in [0.4, 0.5) is 13.2 Å². The summed E-state index contributed by atoms with van der Waals surface area (Å²) >= 11 is -1.89. The molecule has 0 aromatic carbocycles. The molecule has 0 amide bonds. The first-order chi connectivity index (χ1) is 6.82. The fourth-order valence-electron chi connectivity index (χ4n) is 0.795. The van der Waals surface area contributed by atoms with Gasteiger partial charge in [-0.05, 0) is 22.7 Å². The van der Waals surface area contributed by atoms with Gasteiger partial charge in [0.15, 0.2) is 0 Å². The first kappa shape index (κ1) is 11.6.